The molecule has 0 saturated heterocycles. The summed E-state index contributed by atoms with van der Waals surface area (Å²) in [6.45, 7) is 0. The van der Waals surface area contributed by atoms with Crippen LogP contribution in [0, 0.1) is 4.64 Å². The fourth-order valence-electron chi connectivity index (χ4n) is 1.42. The summed E-state index contributed by atoms with van der Waals surface area (Å²) in [6, 6.07) is 0. The topological polar surface area (TPSA) is 72.7 Å². The Morgan fingerprint density at radius 2 is 2.00 bits per heavy atom. The highest BCUT2D eigenvalue weighted by molar-refractivity contribution is 7.71. The van der Waals surface area contributed by atoms with Crippen molar-refractivity contribution in [2.45, 2.75) is 0 Å². The number of hydrogen-bond acceptors (Lipinski definition) is 4. The average molecular weight is 224 g/mol. The van der Waals surface area contributed by atoms with Gasteiger partial charge >= 0.3 is 5.69 Å². The molecule has 2 rings (SSSR count). The van der Waals surface area contributed by atoms with E-state index in [1.54, 1.807) is 7.05 Å². The van der Waals surface area contributed by atoms with Gasteiger partial charge in [-0.3, -0.25) is 13.9 Å². The first-order valence-electron chi connectivity index (χ1n) is 4.17. The summed E-state index contributed by atoms with van der Waals surface area (Å²) in [6.07, 6.45) is 1.36. The summed E-state index contributed by atoms with van der Waals surface area (Å²) >= 11 is 4.94. The molecule has 0 amide bonds. The van der Waals surface area contributed by atoms with Crippen molar-refractivity contribution in [3.63, 3.8) is 0 Å². The lowest BCUT2D eigenvalue weighted by atomic mass is 10.4. The van der Waals surface area contributed by atoms with Gasteiger partial charge in [-0.15, -0.1) is 0 Å². The van der Waals surface area contributed by atoms with Gasteiger partial charge in [0.05, 0.1) is 6.33 Å². The highest BCUT2D eigenvalue weighted by Gasteiger charge is 2.09. The van der Waals surface area contributed by atoms with Gasteiger partial charge in [0.2, 0.25) is 0 Å². The van der Waals surface area contributed by atoms with Gasteiger partial charge in [-0.25, -0.2) is 9.78 Å². The maximum absolute atomic E-state index is 11.7. The lowest BCUT2D eigenvalue weighted by molar-refractivity contribution is 0.706. The van der Waals surface area contributed by atoms with E-state index < -0.39 is 11.2 Å². The average Bonchev–Trinajstić information content (AvgIpc) is 2.23. The first-order valence-corrected chi connectivity index (χ1v) is 4.58. The third kappa shape index (κ3) is 1.23. The van der Waals surface area contributed by atoms with Crippen molar-refractivity contribution in [1.82, 2.24) is 19.1 Å². The molecular weight excluding hydrogens is 216 g/mol. The quantitative estimate of drug-likeness (QED) is 0.623. The van der Waals surface area contributed by atoms with Crippen molar-refractivity contribution in [2.75, 3.05) is 0 Å². The number of aromatic nitrogens is 4. The van der Waals surface area contributed by atoms with Gasteiger partial charge in [0.15, 0.2) is 0 Å². The van der Waals surface area contributed by atoms with Crippen LogP contribution in [0.4, 0.5) is 0 Å². The maximum atomic E-state index is 11.7. The molecule has 0 aliphatic rings. The lowest BCUT2D eigenvalue weighted by Gasteiger charge is -2.05. The molecule has 0 aliphatic carbocycles. The summed E-state index contributed by atoms with van der Waals surface area (Å²) < 4.78 is 2.53. The van der Waals surface area contributed by atoms with Crippen molar-refractivity contribution in [3.05, 3.63) is 31.8 Å². The second-order valence-electron chi connectivity index (χ2n) is 3.14. The molecule has 0 aromatic carbocycles. The largest absolute Gasteiger partial charge is 0.332 e. The Morgan fingerprint density at radius 3 is 2.67 bits per heavy atom. The SMILES string of the molecule is Cn1c(=O)c2c(=S)nc[nH]c2n(C)c1=O. The molecule has 2 heterocycles. The van der Waals surface area contributed by atoms with E-state index in [0.717, 1.165) is 4.57 Å². The van der Waals surface area contributed by atoms with Gasteiger partial charge in [0.25, 0.3) is 5.56 Å². The molecule has 0 atom stereocenters. The van der Waals surface area contributed by atoms with Crippen LogP contribution in [-0.4, -0.2) is 19.1 Å². The standard InChI is InChI=1S/C8H8N4O2S/c1-11-5-4(6(15)10-3-9-5)7(13)12(2)8(11)14/h3H,1-2H3,(H,9,10,15). The van der Waals surface area contributed by atoms with Crippen molar-refractivity contribution >= 4 is 23.3 Å². The van der Waals surface area contributed by atoms with Gasteiger partial charge in [0.1, 0.15) is 15.7 Å². The third-order valence-corrected chi connectivity index (χ3v) is 2.57. The van der Waals surface area contributed by atoms with E-state index in [-0.39, 0.29) is 10.0 Å². The van der Waals surface area contributed by atoms with Gasteiger partial charge in [-0.2, -0.15) is 0 Å². The second kappa shape index (κ2) is 3.13. The Bertz CT molecular complexity index is 709. The van der Waals surface area contributed by atoms with Gasteiger partial charge in [-0.05, 0) is 0 Å². The normalized spacial score (nSPS) is 10.8. The molecule has 0 radical (unpaired) electrons. The molecular formula is C8H8N4O2S. The molecule has 2 aromatic rings. The Balaban J connectivity index is 3.31. The Kier molecular flexibility index (Phi) is 2.04. The number of fused-ring (bicyclic) bond motifs is 1. The van der Waals surface area contributed by atoms with E-state index in [4.69, 9.17) is 12.2 Å². The molecule has 0 bridgehead atoms. The van der Waals surface area contributed by atoms with Crippen LogP contribution in [0.5, 0.6) is 0 Å². The first-order chi connectivity index (χ1) is 7.04. The van der Waals surface area contributed by atoms with E-state index in [1.165, 1.54) is 17.9 Å². The minimum absolute atomic E-state index is 0.194. The molecule has 2 aromatic heterocycles. The zero-order chi connectivity index (χ0) is 11.2. The van der Waals surface area contributed by atoms with Crippen molar-refractivity contribution in [2.24, 2.45) is 14.1 Å². The number of nitrogens with zero attached hydrogens (tertiary/aromatic N) is 3. The molecule has 7 heteroatoms. The summed E-state index contributed by atoms with van der Waals surface area (Å²) in [5.41, 5.74) is -0.435. The number of hydrogen-bond donors (Lipinski definition) is 1. The smallest absolute Gasteiger partial charge is 0.332 e. The van der Waals surface area contributed by atoms with E-state index in [2.05, 4.69) is 9.97 Å². The predicted octanol–water partition coefficient (Wildman–Crippen LogP) is -0.310. The first kappa shape index (κ1) is 9.78. The molecule has 1 N–H and O–H groups in total. The van der Waals surface area contributed by atoms with Crippen LogP contribution in [-0.2, 0) is 14.1 Å². The molecule has 0 unspecified atom stereocenters. The van der Waals surface area contributed by atoms with Gasteiger partial charge < -0.3 is 4.98 Å². The highest BCUT2D eigenvalue weighted by atomic mass is 32.1. The zero-order valence-electron chi connectivity index (χ0n) is 8.14. The minimum atomic E-state index is -0.428. The Hall–Kier alpha value is -1.76. The van der Waals surface area contributed by atoms with E-state index in [0.29, 0.717) is 5.65 Å². The molecule has 78 valence electrons. The number of nitrogens with one attached hydrogen (secondary N) is 1. The van der Waals surface area contributed by atoms with Crippen LogP contribution in [0.15, 0.2) is 15.9 Å². The molecule has 0 spiro atoms. The number of aryl methyl sites for hydroxylation is 1. The van der Waals surface area contributed by atoms with Crippen LogP contribution in [0.25, 0.3) is 11.0 Å². The van der Waals surface area contributed by atoms with Gasteiger partial charge in [-0.1, -0.05) is 12.2 Å². The predicted molar refractivity (Wildman–Crippen MR) is 57.4 cm³/mol. The fraction of sp³-hybridized carbons (Fsp3) is 0.250. The fourth-order valence-corrected chi connectivity index (χ4v) is 1.66. The molecule has 6 nitrogen and oxygen atoms in total. The summed E-state index contributed by atoms with van der Waals surface area (Å²) in [5.74, 6) is 0. The van der Waals surface area contributed by atoms with Crippen LogP contribution in [0.3, 0.4) is 0 Å². The van der Waals surface area contributed by atoms with E-state index >= 15 is 0 Å². The lowest BCUT2D eigenvalue weighted by Crippen LogP contribution is -2.37. The zero-order valence-corrected chi connectivity index (χ0v) is 8.96. The maximum Gasteiger partial charge on any atom is 0.332 e. The summed E-state index contributed by atoms with van der Waals surface area (Å²) in [5, 5.41) is 0.261. The second-order valence-corrected chi connectivity index (χ2v) is 3.52. The molecule has 0 saturated carbocycles. The van der Waals surface area contributed by atoms with Crippen molar-refractivity contribution in [3.8, 4) is 0 Å². The van der Waals surface area contributed by atoms with Crippen LogP contribution >= 0.6 is 12.2 Å². The van der Waals surface area contributed by atoms with Crippen molar-refractivity contribution in [1.29, 1.82) is 0 Å². The third-order valence-electron chi connectivity index (χ3n) is 2.26. The van der Waals surface area contributed by atoms with Gasteiger partial charge in [0, 0.05) is 14.1 Å². The number of H-pyrrole nitrogens is 1. The van der Waals surface area contributed by atoms with E-state index in [9.17, 15) is 9.59 Å². The van der Waals surface area contributed by atoms with Crippen LogP contribution < -0.4 is 11.2 Å². The minimum Gasteiger partial charge on any atom is -0.332 e. The molecule has 0 aliphatic heterocycles. The van der Waals surface area contributed by atoms with Crippen LogP contribution in [0.1, 0.15) is 0 Å². The molecule has 15 heavy (non-hydrogen) atoms. The van der Waals surface area contributed by atoms with E-state index in [1.807, 2.05) is 0 Å². The summed E-state index contributed by atoms with van der Waals surface area (Å²) in [4.78, 5) is 29.9. The summed E-state index contributed by atoms with van der Waals surface area (Å²) in [7, 11) is 2.97. The monoisotopic (exact) mass is 224 g/mol. The Morgan fingerprint density at radius 1 is 1.33 bits per heavy atom. The molecule has 0 fully saturated rings. The van der Waals surface area contributed by atoms with Crippen LogP contribution in [0.2, 0.25) is 0 Å². The number of aromatic amines is 1. The number of rotatable bonds is 0. The Labute approximate surface area is 88.8 Å². The highest BCUT2D eigenvalue weighted by Crippen LogP contribution is 2.01. The van der Waals surface area contributed by atoms with Crippen molar-refractivity contribution < 1.29 is 0 Å².